The average Bonchev–Trinajstić information content (AvgIpc) is 2.52. The molecule has 1 heteroatoms. The SMILES string of the molecule is CC1=CC(C)C=C(C2CCC(CC=O)CC2)C=C1. The zero-order valence-corrected chi connectivity index (χ0v) is 11.6. The zero-order valence-electron chi connectivity index (χ0n) is 11.6. The molecule has 2 aliphatic carbocycles. The first-order valence-electron chi connectivity index (χ1n) is 7.21. The van der Waals surface area contributed by atoms with Gasteiger partial charge in [0, 0.05) is 6.42 Å². The van der Waals surface area contributed by atoms with E-state index in [-0.39, 0.29) is 0 Å². The van der Waals surface area contributed by atoms with Gasteiger partial charge < -0.3 is 4.79 Å². The van der Waals surface area contributed by atoms with Gasteiger partial charge in [0.05, 0.1) is 0 Å². The van der Waals surface area contributed by atoms with Crippen LogP contribution in [0.4, 0.5) is 0 Å². The number of allylic oxidation sites excluding steroid dienone is 6. The molecule has 2 rings (SSSR count). The van der Waals surface area contributed by atoms with E-state index >= 15 is 0 Å². The lowest BCUT2D eigenvalue weighted by molar-refractivity contribution is -0.108. The molecule has 98 valence electrons. The standard InChI is InChI=1S/C17H24O/c1-13-3-6-17(12-14(2)11-13)16-7-4-15(5-8-16)9-10-18/h3,6,10-12,14-16H,4-5,7-9H2,1-2H3. The molecule has 1 saturated carbocycles. The molecule has 0 amide bonds. The Balaban J connectivity index is 1.97. The summed E-state index contributed by atoms with van der Waals surface area (Å²) in [6.07, 6.45) is 16.1. The summed E-state index contributed by atoms with van der Waals surface area (Å²) in [7, 11) is 0. The minimum Gasteiger partial charge on any atom is -0.303 e. The molecule has 1 unspecified atom stereocenters. The van der Waals surface area contributed by atoms with Crippen LogP contribution in [0.15, 0.2) is 35.5 Å². The summed E-state index contributed by atoms with van der Waals surface area (Å²) in [5, 5.41) is 0. The summed E-state index contributed by atoms with van der Waals surface area (Å²) in [5.41, 5.74) is 2.88. The lowest BCUT2D eigenvalue weighted by Gasteiger charge is -2.28. The van der Waals surface area contributed by atoms with Crippen molar-refractivity contribution in [1.29, 1.82) is 0 Å². The van der Waals surface area contributed by atoms with Crippen LogP contribution in [-0.2, 0) is 4.79 Å². The first-order valence-corrected chi connectivity index (χ1v) is 7.21. The van der Waals surface area contributed by atoms with Crippen LogP contribution in [0, 0.1) is 17.8 Å². The van der Waals surface area contributed by atoms with Crippen LogP contribution >= 0.6 is 0 Å². The van der Waals surface area contributed by atoms with Crippen molar-refractivity contribution in [2.75, 3.05) is 0 Å². The number of carbonyl (C=O) groups excluding carboxylic acids is 1. The largest absolute Gasteiger partial charge is 0.303 e. The van der Waals surface area contributed by atoms with Crippen LogP contribution in [-0.4, -0.2) is 6.29 Å². The van der Waals surface area contributed by atoms with Gasteiger partial charge in [0.25, 0.3) is 0 Å². The molecule has 0 bridgehead atoms. The van der Waals surface area contributed by atoms with Crippen LogP contribution < -0.4 is 0 Å². The van der Waals surface area contributed by atoms with Crippen LogP contribution in [0.3, 0.4) is 0 Å². The fourth-order valence-corrected chi connectivity index (χ4v) is 3.24. The quantitative estimate of drug-likeness (QED) is 0.670. The molecule has 0 aliphatic heterocycles. The van der Waals surface area contributed by atoms with Gasteiger partial charge in [0.1, 0.15) is 6.29 Å². The third kappa shape index (κ3) is 3.44. The number of aldehydes is 1. The first kappa shape index (κ1) is 13.3. The first-order chi connectivity index (χ1) is 8.69. The maximum absolute atomic E-state index is 10.6. The Kier molecular flexibility index (Phi) is 4.57. The van der Waals surface area contributed by atoms with Crippen LogP contribution in [0.1, 0.15) is 46.0 Å². The second-order valence-corrected chi connectivity index (χ2v) is 5.89. The summed E-state index contributed by atoms with van der Waals surface area (Å²) in [6.45, 7) is 4.43. The van der Waals surface area contributed by atoms with Crippen molar-refractivity contribution >= 4 is 6.29 Å². The molecular formula is C17H24O. The van der Waals surface area contributed by atoms with E-state index < -0.39 is 0 Å². The lowest BCUT2D eigenvalue weighted by atomic mass is 9.77. The predicted molar refractivity (Wildman–Crippen MR) is 76.3 cm³/mol. The van der Waals surface area contributed by atoms with Crippen LogP contribution in [0.2, 0.25) is 0 Å². The van der Waals surface area contributed by atoms with Gasteiger partial charge in [-0.05, 0) is 55.9 Å². The fraction of sp³-hybridized carbons (Fsp3) is 0.588. The Morgan fingerprint density at radius 1 is 1.17 bits per heavy atom. The van der Waals surface area contributed by atoms with E-state index in [1.165, 1.54) is 36.8 Å². The van der Waals surface area contributed by atoms with E-state index in [1.54, 1.807) is 0 Å². The molecule has 18 heavy (non-hydrogen) atoms. The Bertz CT molecular complexity index is 378. The van der Waals surface area contributed by atoms with E-state index in [4.69, 9.17) is 0 Å². The molecule has 1 fully saturated rings. The highest BCUT2D eigenvalue weighted by molar-refractivity contribution is 5.49. The molecule has 0 N–H and O–H groups in total. The number of hydrogen-bond donors (Lipinski definition) is 0. The van der Waals surface area contributed by atoms with E-state index in [0.29, 0.717) is 17.8 Å². The predicted octanol–water partition coefficient (Wildman–Crippen LogP) is 4.46. The van der Waals surface area contributed by atoms with Crippen molar-refractivity contribution in [2.45, 2.75) is 46.0 Å². The van der Waals surface area contributed by atoms with Gasteiger partial charge in [-0.3, -0.25) is 0 Å². The molecule has 1 nitrogen and oxygen atoms in total. The topological polar surface area (TPSA) is 17.1 Å². The molecule has 0 aromatic rings. The molecule has 0 aromatic carbocycles. The normalized spacial score (nSPS) is 32.4. The van der Waals surface area contributed by atoms with Gasteiger partial charge in [-0.15, -0.1) is 0 Å². The Labute approximate surface area is 111 Å². The second-order valence-electron chi connectivity index (χ2n) is 5.89. The summed E-state index contributed by atoms with van der Waals surface area (Å²) in [5.74, 6) is 1.90. The number of hydrogen-bond acceptors (Lipinski definition) is 1. The summed E-state index contributed by atoms with van der Waals surface area (Å²) in [6, 6.07) is 0. The average molecular weight is 244 g/mol. The highest BCUT2D eigenvalue weighted by Crippen LogP contribution is 2.36. The third-order valence-electron chi connectivity index (χ3n) is 4.27. The Morgan fingerprint density at radius 2 is 1.89 bits per heavy atom. The molecule has 2 aliphatic rings. The lowest BCUT2D eigenvalue weighted by Crippen LogP contribution is -2.16. The van der Waals surface area contributed by atoms with Gasteiger partial charge in [-0.1, -0.05) is 36.8 Å². The Hall–Kier alpha value is -1.11. The molecule has 0 radical (unpaired) electrons. The van der Waals surface area contributed by atoms with Crippen molar-refractivity contribution in [2.24, 2.45) is 17.8 Å². The van der Waals surface area contributed by atoms with Gasteiger partial charge in [0.15, 0.2) is 0 Å². The summed E-state index contributed by atoms with van der Waals surface area (Å²) in [4.78, 5) is 10.6. The minimum absolute atomic E-state index is 0.544. The summed E-state index contributed by atoms with van der Waals surface area (Å²) < 4.78 is 0. The van der Waals surface area contributed by atoms with Crippen LogP contribution in [0.25, 0.3) is 0 Å². The van der Waals surface area contributed by atoms with E-state index in [0.717, 1.165) is 12.7 Å². The maximum Gasteiger partial charge on any atom is 0.120 e. The fourth-order valence-electron chi connectivity index (χ4n) is 3.24. The zero-order chi connectivity index (χ0) is 13.0. The maximum atomic E-state index is 10.6. The van der Waals surface area contributed by atoms with Crippen molar-refractivity contribution in [3.8, 4) is 0 Å². The molecule has 0 saturated heterocycles. The molecular weight excluding hydrogens is 220 g/mol. The van der Waals surface area contributed by atoms with Gasteiger partial charge >= 0.3 is 0 Å². The number of carbonyl (C=O) groups is 1. The van der Waals surface area contributed by atoms with Gasteiger partial charge in [-0.2, -0.15) is 0 Å². The highest BCUT2D eigenvalue weighted by Gasteiger charge is 2.23. The monoisotopic (exact) mass is 244 g/mol. The van der Waals surface area contributed by atoms with Crippen molar-refractivity contribution in [3.63, 3.8) is 0 Å². The Morgan fingerprint density at radius 3 is 2.56 bits per heavy atom. The molecule has 1 atom stereocenters. The molecule has 0 aromatic heterocycles. The minimum atomic E-state index is 0.544. The van der Waals surface area contributed by atoms with E-state index in [2.05, 4.69) is 38.2 Å². The number of rotatable bonds is 3. The van der Waals surface area contributed by atoms with Gasteiger partial charge in [-0.25, -0.2) is 0 Å². The smallest absolute Gasteiger partial charge is 0.120 e. The van der Waals surface area contributed by atoms with Crippen molar-refractivity contribution in [3.05, 3.63) is 35.5 Å². The highest BCUT2D eigenvalue weighted by atomic mass is 16.1. The molecule has 0 spiro atoms. The second kappa shape index (κ2) is 6.17. The molecule has 0 heterocycles. The van der Waals surface area contributed by atoms with E-state index in [9.17, 15) is 4.79 Å². The van der Waals surface area contributed by atoms with Crippen molar-refractivity contribution in [1.82, 2.24) is 0 Å². The van der Waals surface area contributed by atoms with E-state index in [1.807, 2.05) is 0 Å². The summed E-state index contributed by atoms with van der Waals surface area (Å²) >= 11 is 0. The van der Waals surface area contributed by atoms with Crippen LogP contribution in [0.5, 0.6) is 0 Å². The van der Waals surface area contributed by atoms with Crippen molar-refractivity contribution < 1.29 is 4.79 Å². The van der Waals surface area contributed by atoms with Gasteiger partial charge in [0.2, 0.25) is 0 Å². The third-order valence-corrected chi connectivity index (χ3v) is 4.27.